The number of unbranched alkanes of at least 4 members (excludes halogenated alkanes) is 1. The minimum Gasteiger partial charge on any atom is -0.445 e. The number of halogens is 2. The Labute approximate surface area is 448 Å². The number of benzene rings is 2. The van der Waals surface area contributed by atoms with Crippen molar-refractivity contribution < 1.29 is 52.6 Å². The van der Waals surface area contributed by atoms with Gasteiger partial charge in [0.2, 0.25) is 29.5 Å². The first-order valence-corrected chi connectivity index (χ1v) is 26.6. The molecule has 1 aromatic heterocycles. The van der Waals surface area contributed by atoms with Gasteiger partial charge in [-0.2, -0.15) is 0 Å². The minimum absolute atomic E-state index is 0.0197. The highest BCUT2D eigenvalue weighted by Gasteiger charge is 2.36. The van der Waals surface area contributed by atoms with Gasteiger partial charge < -0.3 is 62.2 Å². The van der Waals surface area contributed by atoms with E-state index in [1.54, 1.807) is 78.7 Å². The molecule has 400 valence electrons. The number of hydrogen-bond acceptors (Lipinski definition) is 13. The standard InChI is InChI=1S/C49H68ClIN10O11S/c1-28(2)42(58-45(66)34(55-30(4)62)11-7-8-19-52)46(67)57-35(12-10-20-54-47(53)68)44(65)56-33-17-15-31(16-18-33)26-71-48(69)59(5)21-22-60(6)49(70)72-37-23-36-41(40-29(3)27-73-43(37)40)32(24-50)25-61(36)39(64)14-9-13-38(51)63/h15-18,23,27-28,32,34-35,42H,7-14,19-22,24-26,52H2,1-6H3,(H,55,62)(H,56,65)(H,57,67)(H,58,66)(H3,53,54,68)/t32-,34+,35+,42+/m1/s1. The van der Waals surface area contributed by atoms with Gasteiger partial charge in [-0.3, -0.25) is 28.8 Å². The number of alkyl halides is 1. The van der Waals surface area contributed by atoms with Crippen LogP contribution in [0.15, 0.2) is 35.7 Å². The number of anilines is 2. The highest BCUT2D eigenvalue weighted by Crippen LogP contribution is 2.49. The van der Waals surface area contributed by atoms with Crippen molar-refractivity contribution in [3.63, 3.8) is 0 Å². The van der Waals surface area contributed by atoms with E-state index >= 15 is 0 Å². The van der Waals surface area contributed by atoms with Gasteiger partial charge in [0.1, 0.15) is 24.7 Å². The van der Waals surface area contributed by atoms with Gasteiger partial charge in [-0.05, 0) is 115 Å². The Morgan fingerprint density at radius 1 is 0.877 bits per heavy atom. The van der Waals surface area contributed by atoms with Crippen molar-refractivity contribution in [3.05, 3.63) is 52.4 Å². The quantitative estimate of drug-likeness (QED) is 0.0220. The molecule has 73 heavy (non-hydrogen) atoms. The van der Waals surface area contributed by atoms with Gasteiger partial charge in [-0.25, -0.2) is 14.4 Å². The number of hydrogen-bond donors (Lipinski definition) is 7. The largest absolute Gasteiger partial charge is 0.445 e. The molecule has 0 saturated heterocycles. The molecular formula is C49H68ClIN10O11S. The van der Waals surface area contributed by atoms with Crippen LogP contribution >= 0.6 is 45.5 Å². The van der Waals surface area contributed by atoms with E-state index in [1.807, 2.05) is 12.3 Å². The van der Waals surface area contributed by atoms with Crippen LogP contribution in [0, 0.1) is 12.8 Å². The van der Waals surface area contributed by atoms with Gasteiger partial charge in [0.25, 0.3) is 0 Å². The number of primary amides is 1. The van der Waals surface area contributed by atoms with Crippen molar-refractivity contribution in [1.29, 1.82) is 0 Å². The molecule has 1 aliphatic rings. The van der Waals surface area contributed by atoms with Crippen molar-refractivity contribution in [2.24, 2.45) is 17.4 Å². The second-order valence-corrected chi connectivity index (χ2v) is 20.6. The molecule has 2 heterocycles. The summed E-state index contributed by atoms with van der Waals surface area (Å²) in [4.78, 5) is 119. The molecule has 2 aromatic carbocycles. The number of rotatable bonds is 27. The molecular weight excluding hydrogens is 1100 g/mol. The maximum atomic E-state index is 13.7. The molecule has 0 fully saturated rings. The predicted molar refractivity (Wildman–Crippen MR) is 288 cm³/mol. The predicted octanol–water partition coefficient (Wildman–Crippen LogP) is 5.36. The molecule has 4 atom stereocenters. The van der Waals surface area contributed by atoms with Crippen LogP contribution in [0.2, 0.25) is 0 Å². The Hall–Kier alpha value is -5.79. The smallest absolute Gasteiger partial charge is 0.415 e. The third kappa shape index (κ3) is 18.0. The Bertz CT molecular complexity index is 2460. The third-order valence-corrected chi connectivity index (χ3v) is 14.1. The molecule has 4 rings (SSSR count). The molecule has 0 spiro atoms. The minimum atomic E-state index is -1.10. The number of aryl methyl sites for hydroxylation is 1. The maximum Gasteiger partial charge on any atom is 0.415 e. The fraction of sp³-hybridized carbons (Fsp3) is 0.531. The normalized spacial score (nSPS) is 14.1. The Morgan fingerprint density at radius 3 is 2.15 bits per heavy atom. The van der Waals surface area contributed by atoms with E-state index in [4.69, 9.17) is 32.5 Å². The van der Waals surface area contributed by atoms with Crippen molar-refractivity contribution in [3.8, 4) is 5.75 Å². The monoisotopic (exact) mass is 1170 g/mol. The van der Waals surface area contributed by atoms with E-state index in [0.717, 1.165) is 21.2 Å². The number of amides is 9. The fourth-order valence-electron chi connectivity index (χ4n) is 8.02. The number of thiophene rings is 1. The summed E-state index contributed by atoms with van der Waals surface area (Å²) in [7, 11) is 3.07. The second-order valence-electron chi connectivity index (χ2n) is 18.2. The molecule has 9 amide bonds. The lowest BCUT2D eigenvalue weighted by Gasteiger charge is -2.27. The van der Waals surface area contributed by atoms with Crippen molar-refractivity contribution in [1.82, 2.24) is 31.1 Å². The van der Waals surface area contributed by atoms with E-state index in [2.05, 4.69) is 26.6 Å². The molecule has 0 bridgehead atoms. The van der Waals surface area contributed by atoms with E-state index in [-0.39, 0.29) is 73.4 Å². The van der Waals surface area contributed by atoms with Crippen LogP contribution < -0.4 is 47.7 Å². The fourth-order valence-corrected chi connectivity index (χ4v) is 9.67. The summed E-state index contributed by atoms with van der Waals surface area (Å²) in [6.07, 6.45) is 1.46. The van der Waals surface area contributed by atoms with Crippen LogP contribution in [0.5, 0.6) is 5.75 Å². The van der Waals surface area contributed by atoms with Crippen LogP contribution in [0.3, 0.4) is 0 Å². The zero-order chi connectivity index (χ0) is 53.9. The van der Waals surface area contributed by atoms with Gasteiger partial charge >= 0.3 is 18.2 Å². The second kappa shape index (κ2) is 29.2. The van der Waals surface area contributed by atoms with Gasteiger partial charge in [-0.1, -0.05) is 26.0 Å². The van der Waals surface area contributed by atoms with Crippen molar-refractivity contribution in [2.45, 2.75) is 110 Å². The lowest BCUT2D eigenvalue weighted by Crippen LogP contribution is -2.57. The van der Waals surface area contributed by atoms with E-state index in [9.17, 15) is 43.2 Å². The number of carbonyl (C=O) groups is 9. The zero-order valence-corrected chi connectivity index (χ0v) is 45.8. The summed E-state index contributed by atoms with van der Waals surface area (Å²) in [5.41, 5.74) is 14.3. The van der Waals surface area contributed by atoms with Gasteiger partial charge in [-0.15, -0.1) is 22.9 Å². The van der Waals surface area contributed by atoms with Crippen LogP contribution in [0.1, 0.15) is 94.7 Å². The van der Waals surface area contributed by atoms with E-state index in [1.165, 1.54) is 35.1 Å². The molecule has 1 aliphatic heterocycles. The Balaban J connectivity index is 1.33. The number of carbonyl (C=O) groups excluding carboxylic acids is 9. The summed E-state index contributed by atoms with van der Waals surface area (Å²) in [6.45, 7) is 7.70. The average molecular weight is 1170 g/mol. The summed E-state index contributed by atoms with van der Waals surface area (Å²) >= 11 is 9.56. The summed E-state index contributed by atoms with van der Waals surface area (Å²) in [5.74, 6) is -2.26. The third-order valence-electron chi connectivity index (χ3n) is 12.0. The topological polar surface area (TPSA) is 294 Å². The molecule has 0 aliphatic carbocycles. The highest BCUT2D eigenvalue weighted by molar-refractivity contribution is 14.1. The van der Waals surface area contributed by atoms with Gasteiger partial charge in [0.15, 0.2) is 9.54 Å². The number of nitrogens with one attached hydrogen (secondary N) is 5. The summed E-state index contributed by atoms with van der Waals surface area (Å²) in [6, 6.07) is 4.38. The lowest BCUT2D eigenvalue weighted by molar-refractivity contribution is -0.133. The molecule has 24 heteroatoms. The summed E-state index contributed by atoms with van der Waals surface area (Å²) < 4.78 is 12.2. The number of nitrogens with zero attached hydrogens (tertiary/aromatic N) is 3. The number of nitrogens with two attached hydrogens (primary N) is 2. The highest BCUT2D eigenvalue weighted by atomic mass is 127. The number of ether oxygens (including phenoxy) is 2. The summed E-state index contributed by atoms with van der Waals surface area (Å²) in [5, 5.41) is 16.2. The lowest BCUT2D eigenvalue weighted by atomic mass is 9.97. The Morgan fingerprint density at radius 2 is 1.53 bits per heavy atom. The van der Waals surface area contributed by atoms with Crippen molar-refractivity contribution in [2.75, 3.05) is 62.9 Å². The maximum absolute atomic E-state index is 13.7. The van der Waals surface area contributed by atoms with E-state index < -0.39 is 65.9 Å². The first-order valence-electron chi connectivity index (χ1n) is 24.1. The van der Waals surface area contributed by atoms with E-state index in [0.29, 0.717) is 61.5 Å². The van der Waals surface area contributed by atoms with Crippen LogP contribution in [0.4, 0.5) is 25.8 Å². The van der Waals surface area contributed by atoms with Crippen LogP contribution in [0.25, 0.3) is 10.1 Å². The molecule has 21 nitrogen and oxygen atoms in total. The van der Waals surface area contributed by atoms with Crippen LogP contribution in [-0.4, -0.2) is 132 Å². The molecule has 0 unspecified atom stereocenters. The number of fused-ring (bicyclic) bond motifs is 3. The first kappa shape index (κ1) is 59.8. The van der Waals surface area contributed by atoms with Gasteiger partial charge in [0.05, 0.1) is 10.4 Å². The van der Waals surface area contributed by atoms with Gasteiger partial charge in [0, 0.05) is 89.0 Å². The SMILES string of the molecule is CC(=O)N[C@@H](CCCCN)C(=O)N[C@H](C(=O)N[C@@H](CCCNC(N)=O)C(=O)Nc1ccc(COC(=O)N(C)CCN(C)C(=O)Oc2cc3c(c4c(C)csc24)[C@H](CCl)CN3C(=O)CCCC(=O)I)cc1)C(C)C. The average Bonchev–Trinajstić information content (AvgIpc) is 3.91. The number of likely N-dealkylation sites (N-methyl/N-ethyl adjacent to an activating group) is 2. The van der Waals surface area contributed by atoms with Crippen LogP contribution in [-0.2, 0) is 40.1 Å². The number of urea groups is 1. The zero-order valence-electron chi connectivity index (χ0n) is 42.1. The molecule has 3 aromatic rings. The van der Waals surface area contributed by atoms with Crippen molar-refractivity contribution >= 4 is 119 Å². The first-order chi connectivity index (χ1) is 34.6. The Kier molecular flexibility index (Phi) is 23.9. The molecule has 9 N–H and O–H groups in total. The molecule has 0 saturated carbocycles. The molecule has 0 radical (unpaired) electrons.